The second kappa shape index (κ2) is 4.81. The summed E-state index contributed by atoms with van der Waals surface area (Å²) in [5.41, 5.74) is 10.5. The smallest absolute Gasteiger partial charge is 0.0556 e. The number of hydrogen-bond donors (Lipinski definition) is 2. The largest absolute Gasteiger partial charge is 0.316 e. The zero-order valence-corrected chi connectivity index (χ0v) is 5.30. The number of hydrogen-bond acceptors (Lipinski definition) is 2. The molecule has 0 aromatic heterocycles. The maximum Gasteiger partial charge on any atom is 0.0556 e. The van der Waals surface area contributed by atoms with E-state index in [1.165, 1.54) is 0 Å². The maximum atomic E-state index is 5.26. The summed E-state index contributed by atoms with van der Waals surface area (Å²) in [7, 11) is 0. The molecule has 0 aromatic rings. The van der Waals surface area contributed by atoms with E-state index in [1.54, 1.807) is 0 Å². The Bertz CT molecular complexity index is 66.9. The molecule has 0 atom stereocenters. The molecule has 8 heavy (non-hydrogen) atoms. The topological polar surface area (TPSA) is 52.0 Å². The van der Waals surface area contributed by atoms with Crippen LogP contribution in [0.4, 0.5) is 0 Å². The van der Waals surface area contributed by atoms with Crippen molar-refractivity contribution in [3.63, 3.8) is 0 Å². The van der Waals surface area contributed by atoms with Crippen molar-refractivity contribution in [2.75, 3.05) is 0 Å². The van der Waals surface area contributed by atoms with Gasteiger partial charge in [-0.2, -0.15) is 0 Å². The summed E-state index contributed by atoms with van der Waals surface area (Å²) in [6.07, 6.45) is 5.73. The molecular weight excluding hydrogens is 100 g/mol. The molecule has 48 valence electrons. The minimum atomic E-state index is -0.183. The summed E-state index contributed by atoms with van der Waals surface area (Å²) >= 11 is 0. The first-order valence-corrected chi connectivity index (χ1v) is 2.93. The van der Waals surface area contributed by atoms with E-state index >= 15 is 0 Å². The molecule has 0 aliphatic heterocycles. The first kappa shape index (κ1) is 7.66. The molecule has 2 nitrogen and oxygen atoms in total. The van der Waals surface area contributed by atoms with Crippen LogP contribution in [0.2, 0.25) is 0 Å². The third kappa shape index (κ3) is 5.66. The molecule has 0 rings (SSSR count). The Balaban J connectivity index is 3.03. The third-order valence-corrected chi connectivity index (χ3v) is 0.811. The van der Waals surface area contributed by atoms with Crippen molar-refractivity contribution in [3.05, 3.63) is 12.2 Å². The lowest BCUT2D eigenvalue weighted by molar-refractivity contribution is 0.719. The number of allylic oxidation sites excluding steroid dienone is 1. The van der Waals surface area contributed by atoms with Crippen LogP contribution in [0.25, 0.3) is 0 Å². The summed E-state index contributed by atoms with van der Waals surface area (Å²) in [6.45, 7) is 2.08. The fourth-order valence-corrected chi connectivity index (χ4v) is 0.420. The van der Waals surface area contributed by atoms with Gasteiger partial charge in [-0.3, -0.25) is 0 Å². The van der Waals surface area contributed by atoms with Crippen LogP contribution < -0.4 is 11.5 Å². The van der Waals surface area contributed by atoms with Gasteiger partial charge in [0.25, 0.3) is 0 Å². The highest BCUT2D eigenvalue weighted by atomic mass is 14.8. The average molecular weight is 114 g/mol. The molecule has 0 unspecified atom stereocenters. The molecule has 0 aliphatic rings. The van der Waals surface area contributed by atoms with E-state index in [0.717, 1.165) is 12.8 Å². The van der Waals surface area contributed by atoms with Crippen LogP contribution in [0.3, 0.4) is 0 Å². The van der Waals surface area contributed by atoms with Crippen LogP contribution in [0.15, 0.2) is 12.2 Å². The molecule has 0 saturated heterocycles. The predicted octanol–water partition coefficient (Wildman–Crippen LogP) is 0.586. The minimum absolute atomic E-state index is 0.183. The van der Waals surface area contributed by atoms with Crippen LogP contribution in [-0.4, -0.2) is 6.17 Å². The molecule has 0 spiro atoms. The molecule has 0 aromatic carbocycles. The molecule has 0 heterocycles. The van der Waals surface area contributed by atoms with Gasteiger partial charge in [-0.05, 0) is 12.8 Å². The Morgan fingerprint density at radius 2 is 2.00 bits per heavy atom. The minimum Gasteiger partial charge on any atom is -0.316 e. The maximum absolute atomic E-state index is 5.26. The van der Waals surface area contributed by atoms with Crippen molar-refractivity contribution in [2.45, 2.75) is 25.9 Å². The quantitative estimate of drug-likeness (QED) is 0.416. The second-order valence-electron chi connectivity index (χ2n) is 1.78. The van der Waals surface area contributed by atoms with Crippen molar-refractivity contribution in [1.82, 2.24) is 0 Å². The van der Waals surface area contributed by atoms with Crippen molar-refractivity contribution < 1.29 is 0 Å². The molecule has 0 aliphatic carbocycles. The molecule has 0 amide bonds. The molecule has 0 bridgehead atoms. The van der Waals surface area contributed by atoms with Crippen molar-refractivity contribution in [1.29, 1.82) is 0 Å². The van der Waals surface area contributed by atoms with E-state index in [4.69, 9.17) is 11.5 Å². The Kier molecular flexibility index (Phi) is 4.61. The van der Waals surface area contributed by atoms with E-state index < -0.39 is 0 Å². The highest BCUT2D eigenvalue weighted by Gasteiger charge is 1.84. The lowest BCUT2D eigenvalue weighted by Gasteiger charge is -1.96. The van der Waals surface area contributed by atoms with Crippen LogP contribution in [0, 0.1) is 0 Å². The number of nitrogens with two attached hydrogens (primary N) is 2. The summed E-state index contributed by atoms with van der Waals surface area (Å²) < 4.78 is 0. The average Bonchev–Trinajstić information content (AvgIpc) is 1.66. The van der Waals surface area contributed by atoms with Gasteiger partial charge in [-0.1, -0.05) is 19.1 Å². The van der Waals surface area contributed by atoms with Crippen molar-refractivity contribution >= 4 is 0 Å². The fourth-order valence-electron chi connectivity index (χ4n) is 0.420. The van der Waals surface area contributed by atoms with Gasteiger partial charge in [-0.25, -0.2) is 0 Å². The first-order valence-electron chi connectivity index (χ1n) is 2.93. The Labute approximate surface area is 50.6 Å². The first-order chi connectivity index (χ1) is 3.77. The molecular formula is C6H14N2. The molecule has 0 fully saturated rings. The van der Waals surface area contributed by atoms with Crippen LogP contribution in [0.1, 0.15) is 19.8 Å². The fraction of sp³-hybridized carbons (Fsp3) is 0.667. The zero-order valence-electron chi connectivity index (χ0n) is 5.30. The monoisotopic (exact) mass is 114 g/mol. The van der Waals surface area contributed by atoms with Gasteiger partial charge in [0.2, 0.25) is 0 Å². The Hall–Kier alpha value is -0.340. The Morgan fingerprint density at radius 3 is 2.38 bits per heavy atom. The summed E-state index contributed by atoms with van der Waals surface area (Å²) in [4.78, 5) is 0. The Morgan fingerprint density at radius 1 is 1.38 bits per heavy atom. The second-order valence-corrected chi connectivity index (χ2v) is 1.78. The van der Waals surface area contributed by atoms with Gasteiger partial charge in [0.05, 0.1) is 6.17 Å². The van der Waals surface area contributed by atoms with Gasteiger partial charge in [-0.15, -0.1) is 0 Å². The molecule has 0 radical (unpaired) electrons. The highest BCUT2D eigenvalue weighted by molar-refractivity contribution is 4.82. The summed E-state index contributed by atoms with van der Waals surface area (Å²) in [6, 6.07) is 0. The predicted molar refractivity (Wildman–Crippen MR) is 36.2 cm³/mol. The van der Waals surface area contributed by atoms with Gasteiger partial charge in [0.1, 0.15) is 0 Å². The molecule has 4 N–H and O–H groups in total. The zero-order chi connectivity index (χ0) is 6.41. The normalized spacial score (nSPS) is 11.5. The van der Waals surface area contributed by atoms with Gasteiger partial charge < -0.3 is 11.5 Å². The van der Waals surface area contributed by atoms with E-state index in [2.05, 4.69) is 13.0 Å². The van der Waals surface area contributed by atoms with Crippen molar-refractivity contribution in [3.8, 4) is 0 Å². The van der Waals surface area contributed by atoms with Crippen LogP contribution in [-0.2, 0) is 0 Å². The van der Waals surface area contributed by atoms with E-state index in [-0.39, 0.29) is 6.17 Å². The summed E-state index contributed by atoms with van der Waals surface area (Å²) in [5.74, 6) is 0. The van der Waals surface area contributed by atoms with Crippen LogP contribution in [0.5, 0.6) is 0 Å². The van der Waals surface area contributed by atoms with Crippen molar-refractivity contribution in [2.24, 2.45) is 11.5 Å². The molecule has 0 saturated carbocycles. The third-order valence-electron chi connectivity index (χ3n) is 0.811. The lowest BCUT2D eigenvalue weighted by Crippen LogP contribution is -2.29. The van der Waals surface area contributed by atoms with Gasteiger partial charge in [0, 0.05) is 0 Å². The van der Waals surface area contributed by atoms with E-state index in [1.807, 2.05) is 6.08 Å². The van der Waals surface area contributed by atoms with E-state index in [0.29, 0.717) is 0 Å². The lowest BCUT2D eigenvalue weighted by atomic mass is 10.3. The van der Waals surface area contributed by atoms with Gasteiger partial charge in [0.15, 0.2) is 0 Å². The van der Waals surface area contributed by atoms with Crippen LogP contribution >= 0.6 is 0 Å². The summed E-state index contributed by atoms with van der Waals surface area (Å²) in [5, 5.41) is 0. The number of rotatable bonds is 3. The van der Waals surface area contributed by atoms with Gasteiger partial charge >= 0.3 is 0 Å². The van der Waals surface area contributed by atoms with E-state index in [9.17, 15) is 0 Å². The molecule has 2 heteroatoms. The highest BCUT2D eigenvalue weighted by Crippen LogP contribution is 1.85. The standard InChI is InChI=1S/C6H14N2/c1-2-3-4-5-6(7)8/h3-4,6H,2,5,7-8H2,1H3. The SMILES string of the molecule is CCC=CCC(N)N.